The van der Waals surface area contributed by atoms with Gasteiger partial charge >= 0.3 is 0 Å². The van der Waals surface area contributed by atoms with Crippen LogP contribution in [0.25, 0.3) is 0 Å². The molecule has 140 valence electrons. The highest BCUT2D eigenvalue weighted by Gasteiger charge is 2.26. The minimum atomic E-state index is -1.13. The number of amides is 1. The fourth-order valence-corrected chi connectivity index (χ4v) is 2.39. The largest absolute Gasteiger partial charge is 0.496 e. The van der Waals surface area contributed by atoms with Crippen molar-refractivity contribution in [3.8, 4) is 5.75 Å². The Morgan fingerprint density at radius 2 is 1.88 bits per heavy atom. The van der Waals surface area contributed by atoms with Crippen molar-refractivity contribution in [2.24, 2.45) is 5.73 Å². The maximum Gasteiger partial charge on any atom is 0.254 e. The Kier molecular flexibility index (Phi) is 8.02. The van der Waals surface area contributed by atoms with Gasteiger partial charge in [-0.3, -0.25) is 10.2 Å². The van der Waals surface area contributed by atoms with Gasteiger partial charge in [0.2, 0.25) is 0 Å². The molecule has 0 aromatic heterocycles. The van der Waals surface area contributed by atoms with Gasteiger partial charge in [0.25, 0.3) is 5.91 Å². The monoisotopic (exact) mass is 381 g/mol. The lowest BCUT2D eigenvalue weighted by atomic mass is 10.1. The van der Waals surface area contributed by atoms with Crippen LogP contribution in [0.2, 0.25) is 0 Å². The maximum atomic E-state index is 14.1. The average molecular weight is 382 g/mol. The summed E-state index contributed by atoms with van der Waals surface area (Å²) in [5.41, 5.74) is 6.86. The number of nitrogen functional groups attached to an aromatic ring is 1. The summed E-state index contributed by atoms with van der Waals surface area (Å²) in [4.78, 5) is 12.4. The van der Waals surface area contributed by atoms with Gasteiger partial charge in [0.15, 0.2) is 6.10 Å². The van der Waals surface area contributed by atoms with Gasteiger partial charge in [-0.15, -0.1) is 12.4 Å². The first kappa shape index (κ1) is 21.4. The number of ether oxygens (including phenoxy) is 2. The quantitative estimate of drug-likeness (QED) is 0.507. The Balaban J connectivity index is 0.00000338. The molecule has 8 heteroatoms. The van der Waals surface area contributed by atoms with Crippen molar-refractivity contribution in [2.45, 2.75) is 12.6 Å². The smallest absolute Gasteiger partial charge is 0.254 e. The number of halogens is 2. The molecule has 0 saturated carbocycles. The van der Waals surface area contributed by atoms with Gasteiger partial charge in [-0.05, 0) is 17.7 Å². The molecular weight excluding hydrogens is 361 g/mol. The molecule has 4 N–H and O–H groups in total. The van der Waals surface area contributed by atoms with E-state index in [0.29, 0.717) is 5.56 Å². The summed E-state index contributed by atoms with van der Waals surface area (Å²) in [5, 5.41) is 10.1. The molecular formula is C18H21ClFN3O3. The predicted octanol–water partition coefficient (Wildman–Crippen LogP) is 2.54. The van der Waals surface area contributed by atoms with Crippen molar-refractivity contribution in [1.29, 1.82) is 5.41 Å². The topological polar surface area (TPSA) is 97.4 Å². The van der Waals surface area contributed by atoms with Crippen LogP contribution >= 0.6 is 12.4 Å². The van der Waals surface area contributed by atoms with Crippen molar-refractivity contribution < 1.29 is 18.7 Å². The van der Waals surface area contributed by atoms with E-state index in [1.807, 2.05) is 0 Å². The fourth-order valence-electron chi connectivity index (χ4n) is 2.39. The molecule has 1 amide bonds. The van der Waals surface area contributed by atoms with Crippen LogP contribution < -0.4 is 15.8 Å². The van der Waals surface area contributed by atoms with E-state index < -0.39 is 17.8 Å². The summed E-state index contributed by atoms with van der Waals surface area (Å²) >= 11 is 0. The molecule has 0 aliphatic rings. The second-order valence-electron chi connectivity index (χ2n) is 5.30. The number of carbonyl (C=O) groups is 1. The number of nitrogens with one attached hydrogen (secondary N) is 2. The molecule has 1 atom stereocenters. The Labute approximate surface area is 157 Å². The number of rotatable bonds is 7. The molecule has 0 aliphatic heterocycles. The minimum Gasteiger partial charge on any atom is -0.496 e. The maximum absolute atomic E-state index is 14.1. The van der Waals surface area contributed by atoms with Gasteiger partial charge in [-0.25, -0.2) is 4.39 Å². The molecule has 0 bridgehead atoms. The molecule has 0 spiro atoms. The van der Waals surface area contributed by atoms with E-state index in [1.54, 1.807) is 30.3 Å². The summed E-state index contributed by atoms with van der Waals surface area (Å²) < 4.78 is 24.5. The Morgan fingerprint density at radius 3 is 2.42 bits per heavy atom. The zero-order valence-electron chi connectivity index (χ0n) is 14.4. The summed E-state index contributed by atoms with van der Waals surface area (Å²) in [5.74, 6) is -0.844. The first-order valence-corrected chi connectivity index (χ1v) is 7.54. The molecule has 0 saturated heterocycles. The standard InChI is InChI=1S/C18H20FN3O3.ClH/c1-24-14-5-3-4-13(19)15(14)16(25-2)18(23)22-10-11-6-8-12(9-7-11)17(20)21;/h3-9,16H,10H2,1-2H3,(H3,20,21)(H,22,23);1H/t16-;/m0./s1. The van der Waals surface area contributed by atoms with Crippen LogP contribution in [-0.2, 0) is 16.1 Å². The van der Waals surface area contributed by atoms with E-state index in [4.69, 9.17) is 20.6 Å². The van der Waals surface area contributed by atoms with Gasteiger partial charge in [-0.2, -0.15) is 0 Å². The summed E-state index contributed by atoms with van der Waals surface area (Å²) in [6.45, 7) is 0.230. The summed E-state index contributed by atoms with van der Waals surface area (Å²) in [7, 11) is 2.73. The first-order chi connectivity index (χ1) is 12.0. The number of benzene rings is 2. The normalized spacial score (nSPS) is 11.2. The summed E-state index contributed by atoms with van der Waals surface area (Å²) in [6, 6.07) is 11.2. The second kappa shape index (κ2) is 9.74. The van der Waals surface area contributed by atoms with Crippen LogP contribution in [0.15, 0.2) is 42.5 Å². The number of hydrogen-bond acceptors (Lipinski definition) is 4. The third-order valence-electron chi connectivity index (χ3n) is 3.70. The molecule has 6 nitrogen and oxygen atoms in total. The lowest BCUT2D eigenvalue weighted by Crippen LogP contribution is -2.30. The van der Waals surface area contributed by atoms with Crippen LogP contribution in [0.4, 0.5) is 4.39 Å². The Bertz CT molecular complexity index is 769. The van der Waals surface area contributed by atoms with E-state index in [9.17, 15) is 9.18 Å². The van der Waals surface area contributed by atoms with Crippen molar-refractivity contribution in [1.82, 2.24) is 5.32 Å². The van der Waals surface area contributed by atoms with Gasteiger partial charge in [0.1, 0.15) is 17.4 Å². The van der Waals surface area contributed by atoms with E-state index >= 15 is 0 Å². The number of amidine groups is 1. The molecule has 2 aromatic carbocycles. The van der Waals surface area contributed by atoms with Gasteiger partial charge in [0, 0.05) is 19.2 Å². The number of methoxy groups -OCH3 is 2. The van der Waals surface area contributed by atoms with Crippen LogP contribution in [0.1, 0.15) is 22.8 Å². The number of hydrogen-bond donors (Lipinski definition) is 3. The molecule has 2 aromatic rings. The highest BCUT2D eigenvalue weighted by Crippen LogP contribution is 2.30. The van der Waals surface area contributed by atoms with E-state index in [-0.39, 0.29) is 36.1 Å². The van der Waals surface area contributed by atoms with Crippen LogP contribution in [0.3, 0.4) is 0 Å². The molecule has 0 unspecified atom stereocenters. The average Bonchev–Trinajstić information content (AvgIpc) is 2.62. The van der Waals surface area contributed by atoms with E-state index in [2.05, 4.69) is 5.32 Å². The highest BCUT2D eigenvalue weighted by molar-refractivity contribution is 5.94. The molecule has 0 heterocycles. The zero-order chi connectivity index (χ0) is 18.4. The SMILES string of the molecule is COc1cccc(F)c1[C@H](OC)C(=O)NCc1ccc(C(=N)N)cc1.Cl. The molecule has 26 heavy (non-hydrogen) atoms. The Hall–Kier alpha value is -2.64. The van der Waals surface area contributed by atoms with Gasteiger partial charge in [0.05, 0.1) is 12.7 Å². The third kappa shape index (κ3) is 4.93. The van der Waals surface area contributed by atoms with Crippen LogP contribution in [-0.4, -0.2) is 26.0 Å². The van der Waals surface area contributed by atoms with Crippen LogP contribution in [0.5, 0.6) is 5.75 Å². The lowest BCUT2D eigenvalue weighted by Gasteiger charge is -2.19. The Morgan fingerprint density at radius 1 is 1.23 bits per heavy atom. The van der Waals surface area contributed by atoms with Crippen LogP contribution in [0, 0.1) is 11.2 Å². The van der Waals surface area contributed by atoms with Crippen molar-refractivity contribution in [2.75, 3.05) is 14.2 Å². The lowest BCUT2D eigenvalue weighted by molar-refractivity contribution is -0.131. The van der Waals surface area contributed by atoms with Gasteiger partial charge in [-0.1, -0.05) is 30.3 Å². The second-order valence-corrected chi connectivity index (χ2v) is 5.30. The van der Waals surface area contributed by atoms with Crippen molar-refractivity contribution >= 4 is 24.1 Å². The molecule has 0 fully saturated rings. The molecule has 0 radical (unpaired) electrons. The highest BCUT2D eigenvalue weighted by atomic mass is 35.5. The first-order valence-electron chi connectivity index (χ1n) is 7.54. The van der Waals surface area contributed by atoms with E-state index in [0.717, 1.165) is 5.56 Å². The van der Waals surface area contributed by atoms with Crippen molar-refractivity contribution in [3.05, 3.63) is 65.0 Å². The van der Waals surface area contributed by atoms with Crippen molar-refractivity contribution in [3.63, 3.8) is 0 Å². The zero-order valence-corrected chi connectivity index (χ0v) is 15.2. The minimum absolute atomic E-state index is 0. The van der Waals surface area contributed by atoms with E-state index in [1.165, 1.54) is 26.4 Å². The molecule has 0 aliphatic carbocycles. The third-order valence-corrected chi connectivity index (χ3v) is 3.70. The number of nitrogens with two attached hydrogens (primary N) is 1. The predicted molar refractivity (Wildman–Crippen MR) is 99.3 cm³/mol. The summed E-state index contributed by atoms with van der Waals surface area (Å²) in [6.07, 6.45) is -1.13. The number of carbonyl (C=O) groups excluding carboxylic acids is 1. The fraction of sp³-hybridized carbons (Fsp3) is 0.222. The molecule has 2 rings (SSSR count). The van der Waals surface area contributed by atoms with Gasteiger partial charge < -0.3 is 20.5 Å².